The maximum Gasteiger partial charge on any atom is 0.255 e. The Kier molecular flexibility index (Phi) is 12.8. The Morgan fingerprint density at radius 3 is 2.28 bits per heavy atom. The van der Waals surface area contributed by atoms with Gasteiger partial charge in [0, 0.05) is 59.7 Å². The first-order valence-corrected chi connectivity index (χ1v) is 17.1. The molecule has 0 radical (unpaired) electrons. The number of carbonyl (C=O) groups excluding carboxylic acids is 4. The Hall–Kier alpha value is -4.94. The number of aromatic hydroxyl groups is 1. The van der Waals surface area contributed by atoms with Crippen LogP contribution >= 0.6 is 0 Å². The third kappa shape index (κ3) is 9.82. The van der Waals surface area contributed by atoms with E-state index in [-0.39, 0.29) is 49.0 Å². The van der Waals surface area contributed by atoms with Crippen LogP contribution in [0.4, 0.5) is 0 Å². The number of hydrogen-bond acceptors (Lipinski definition) is 8. The fourth-order valence-electron chi connectivity index (χ4n) is 6.32. The summed E-state index contributed by atoms with van der Waals surface area (Å²) in [6.45, 7) is 3.75. The minimum Gasteiger partial charge on any atom is -0.508 e. The van der Waals surface area contributed by atoms with Gasteiger partial charge in [0.25, 0.3) is 5.91 Å². The molecule has 2 heterocycles. The van der Waals surface area contributed by atoms with E-state index in [1.165, 1.54) is 12.1 Å². The van der Waals surface area contributed by atoms with E-state index >= 15 is 0 Å². The van der Waals surface area contributed by atoms with Crippen molar-refractivity contribution in [1.82, 2.24) is 25.3 Å². The second-order valence-electron chi connectivity index (χ2n) is 12.8. The van der Waals surface area contributed by atoms with E-state index < -0.39 is 29.9 Å². The molecule has 0 saturated carbocycles. The van der Waals surface area contributed by atoms with Crippen molar-refractivity contribution < 1.29 is 33.8 Å². The van der Waals surface area contributed by atoms with E-state index in [4.69, 9.17) is 9.47 Å². The largest absolute Gasteiger partial charge is 0.508 e. The van der Waals surface area contributed by atoms with Gasteiger partial charge in [-0.05, 0) is 48.2 Å². The molecule has 0 bridgehead atoms. The zero-order valence-electron chi connectivity index (χ0n) is 28.8. The van der Waals surface area contributed by atoms with Crippen LogP contribution in [0.1, 0.15) is 34.3 Å². The molecule has 3 N–H and O–H groups in total. The van der Waals surface area contributed by atoms with Crippen LogP contribution in [0, 0.1) is 0 Å². The van der Waals surface area contributed by atoms with Gasteiger partial charge >= 0.3 is 0 Å². The van der Waals surface area contributed by atoms with E-state index in [0.29, 0.717) is 45.0 Å². The van der Waals surface area contributed by atoms with Crippen molar-refractivity contribution in [3.8, 4) is 11.5 Å². The Bertz CT molecular complexity index is 1590. The van der Waals surface area contributed by atoms with Gasteiger partial charge in [-0.3, -0.25) is 24.1 Å². The second-order valence-corrected chi connectivity index (χ2v) is 12.8. The molecule has 4 amide bonds. The molecule has 0 unspecified atom stereocenters. The predicted molar refractivity (Wildman–Crippen MR) is 188 cm³/mol. The summed E-state index contributed by atoms with van der Waals surface area (Å²) in [5, 5.41) is 15.7. The molecule has 266 valence electrons. The summed E-state index contributed by atoms with van der Waals surface area (Å²) in [4.78, 5) is 61.0. The quantitative estimate of drug-likeness (QED) is 0.328. The lowest BCUT2D eigenvalue weighted by molar-refractivity contribution is -0.138. The van der Waals surface area contributed by atoms with E-state index in [0.717, 1.165) is 17.7 Å². The van der Waals surface area contributed by atoms with Crippen molar-refractivity contribution in [2.45, 2.75) is 43.8 Å². The highest BCUT2D eigenvalue weighted by Crippen LogP contribution is 2.22. The van der Waals surface area contributed by atoms with Crippen LogP contribution < -0.4 is 15.4 Å². The number of likely N-dealkylation sites (N-methyl/N-ethyl adjacent to an activating group) is 1. The maximum atomic E-state index is 14.2. The highest BCUT2D eigenvalue weighted by molar-refractivity contribution is 6.00. The minimum atomic E-state index is -0.975. The zero-order valence-corrected chi connectivity index (χ0v) is 28.8. The number of piperazine rings is 1. The van der Waals surface area contributed by atoms with E-state index in [2.05, 4.69) is 15.5 Å². The number of phenolic OH excluding ortho intramolecular Hbond substituents is 1. The molecule has 0 spiro atoms. The molecule has 1 fully saturated rings. The van der Waals surface area contributed by atoms with Crippen molar-refractivity contribution >= 4 is 23.6 Å². The number of methoxy groups -OCH3 is 1. The zero-order chi connectivity index (χ0) is 35.5. The van der Waals surface area contributed by atoms with E-state index in [1.54, 1.807) is 60.4 Å². The van der Waals surface area contributed by atoms with Gasteiger partial charge in [0.15, 0.2) is 0 Å². The number of ether oxygens (including phenoxy) is 2. The first-order chi connectivity index (χ1) is 24.2. The number of nitrogens with zero attached hydrogens (tertiary/aromatic N) is 3. The number of amides is 4. The van der Waals surface area contributed by atoms with Crippen molar-refractivity contribution in [1.29, 1.82) is 0 Å². The Labute approximate surface area is 293 Å². The summed E-state index contributed by atoms with van der Waals surface area (Å²) in [5.74, 6) is -1.06. The third-order valence-corrected chi connectivity index (χ3v) is 9.34. The van der Waals surface area contributed by atoms with E-state index in [9.17, 15) is 24.3 Å². The Morgan fingerprint density at radius 1 is 0.880 bits per heavy atom. The molecular weight excluding hydrogens is 638 g/mol. The van der Waals surface area contributed by atoms with E-state index in [1.807, 2.05) is 30.3 Å². The minimum absolute atomic E-state index is 0.0376. The molecule has 0 aliphatic carbocycles. The summed E-state index contributed by atoms with van der Waals surface area (Å²) in [6.07, 6.45) is 0.588. The number of carbonyl (C=O) groups is 4. The van der Waals surface area contributed by atoms with Crippen LogP contribution in [0.5, 0.6) is 11.5 Å². The summed E-state index contributed by atoms with van der Waals surface area (Å²) < 4.78 is 11.5. The van der Waals surface area contributed by atoms with Crippen molar-refractivity contribution in [3.63, 3.8) is 0 Å². The fraction of sp³-hybridized carbons (Fsp3) is 0.421. The monoisotopic (exact) mass is 685 g/mol. The predicted octanol–water partition coefficient (Wildman–Crippen LogP) is 2.25. The summed E-state index contributed by atoms with van der Waals surface area (Å²) in [5.41, 5.74) is 2.00. The highest BCUT2D eigenvalue weighted by atomic mass is 16.5. The lowest BCUT2D eigenvalue weighted by atomic mass is 10.0. The van der Waals surface area contributed by atoms with Crippen LogP contribution in [-0.2, 0) is 32.0 Å². The van der Waals surface area contributed by atoms with Gasteiger partial charge in [-0.15, -0.1) is 0 Å². The van der Waals surface area contributed by atoms with Gasteiger partial charge < -0.3 is 35.0 Å². The lowest BCUT2D eigenvalue weighted by Gasteiger charge is -2.36. The normalized spacial score (nSPS) is 21.2. The molecule has 3 atom stereocenters. The van der Waals surface area contributed by atoms with Crippen molar-refractivity contribution in [2.75, 3.05) is 60.1 Å². The summed E-state index contributed by atoms with van der Waals surface area (Å²) >= 11 is 0. The molecule has 2 aliphatic rings. The molecule has 2 aliphatic heterocycles. The summed E-state index contributed by atoms with van der Waals surface area (Å²) in [7, 11) is 3.35. The molecule has 12 heteroatoms. The Balaban J connectivity index is 1.44. The van der Waals surface area contributed by atoms with Gasteiger partial charge in [0.1, 0.15) is 30.2 Å². The van der Waals surface area contributed by atoms with Crippen LogP contribution in [0.3, 0.4) is 0 Å². The number of hydrogen-bond donors (Lipinski definition) is 3. The standard InChI is InChI=1S/C38H47N5O7/c1-41-29(24-27-8-4-3-5-9-27)26-50-34-11-7-6-10-31(34)36(46)40-32(38(48)43-20-18-42(19-21-43)22-23-49-2)16-17-35(45)39-33(37(41)47)25-28-12-14-30(44)15-13-28/h3-15,29,32-33,44H,16-26H2,1-2H3,(H,39,45)(H,40,46)/t29-,32+,33+/m1/s1. The Morgan fingerprint density at radius 2 is 1.56 bits per heavy atom. The molecule has 50 heavy (non-hydrogen) atoms. The second kappa shape index (κ2) is 17.6. The molecule has 1 saturated heterocycles. The average molecular weight is 686 g/mol. The lowest BCUT2D eigenvalue weighted by Crippen LogP contribution is -2.55. The molecular formula is C38H47N5O7. The highest BCUT2D eigenvalue weighted by Gasteiger charge is 2.33. The van der Waals surface area contributed by atoms with Crippen LogP contribution in [0.15, 0.2) is 78.9 Å². The number of phenols is 1. The molecule has 3 aromatic carbocycles. The van der Waals surface area contributed by atoms with Gasteiger partial charge in [-0.25, -0.2) is 0 Å². The molecule has 3 aromatic rings. The molecule has 0 aromatic heterocycles. The van der Waals surface area contributed by atoms with Gasteiger partial charge in [0.2, 0.25) is 17.7 Å². The third-order valence-electron chi connectivity index (χ3n) is 9.34. The molecule has 5 rings (SSSR count). The van der Waals surface area contributed by atoms with Crippen LogP contribution in [0.2, 0.25) is 0 Å². The number of benzene rings is 3. The topological polar surface area (TPSA) is 141 Å². The number of nitrogens with one attached hydrogen (secondary N) is 2. The summed E-state index contributed by atoms with van der Waals surface area (Å²) in [6, 6.07) is 20.7. The SMILES string of the molecule is COCCN1CCN(C(=O)[C@@H]2CCC(=O)N[C@@H](Cc3ccc(O)cc3)C(=O)N(C)[C@H](Cc3ccccc3)COc3ccccc3C(=O)N2)CC1. The first kappa shape index (κ1) is 36.3. The maximum absolute atomic E-state index is 14.2. The number of para-hydroxylation sites is 1. The van der Waals surface area contributed by atoms with Crippen LogP contribution in [-0.4, -0.2) is 122 Å². The first-order valence-electron chi connectivity index (χ1n) is 17.1. The molecule has 12 nitrogen and oxygen atoms in total. The average Bonchev–Trinajstić information content (AvgIpc) is 3.14. The smallest absolute Gasteiger partial charge is 0.255 e. The van der Waals surface area contributed by atoms with Crippen LogP contribution in [0.25, 0.3) is 0 Å². The fourth-order valence-corrected chi connectivity index (χ4v) is 6.32. The van der Waals surface area contributed by atoms with Gasteiger partial charge in [-0.2, -0.15) is 0 Å². The van der Waals surface area contributed by atoms with Gasteiger partial charge in [-0.1, -0.05) is 54.6 Å². The van der Waals surface area contributed by atoms with Gasteiger partial charge in [0.05, 0.1) is 18.2 Å². The van der Waals surface area contributed by atoms with Crippen molar-refractivity contribution in [2.24, 2.45) is 0 Å². The number of fused-ring (bicyclic) bond motifs is 1. The number of rotatable bonds is 8. The van der Waals surface area contributed by atoms with Crippen molar-refractivity contribution in [3.05, 3.63) is 95.6 Å².